The normalized spacial score (nSPS) is 15.9. The summed E-state index contributed by atoms with van der Waals surface area (Å²) >= 11 is 0. The molecular weight excluding hydrogens is 500 g/mol. The van der Waals surface area contributed by atoms with Crippen LogP contribution in [0.25, 0.3) is 16.9 Å². The first-order valence-electron chi connectivity index (χ1n) is 12.4. The predicted molar refractivity (Wildman–Crippen MR) is 152 cm³/mol. The van der Waals surface area contributed by atoms with Crippen LogP contribution in [0.2, 0.25) is 0 Å². The molecule has 1 N–H and O–H groups in total. The molecule has 3 aromatic heterocycles. The van der Waals surface area contributed by atoms with Gasteiger partial charge in [0.1, 0.15) is 5.39 Å². The van der Waals surface area contributed by atoms with E-state index in [2.05, 4.69) is 64.2 Å². The molecule has 1 aliphatic rings. The molecule has 4 heterocycles. The number of anilines is 2. The summed E-state index contributed by atoms with van der Waals surface area (Å²) in [5, 5.41) is 3.70. The summed E-state index contributed by atoms with van der Waals surface area (Å²) in [6.07, 6.45) is 7.29. The van der Waals surface area contributed by atoms with Crippen molar-refractivity contribution in [1.82, 2.24) is 29.2 Å². The van der Waals surface area contributed by atoms with Crippen molar-refractivity contribution in [1.29, 1.82) is 0 Å². The minimum Gasteiger partial charge on any atom is -0.324 e. The minimum absolute atomic E-state index is 0.245. The molecule has 1 aromatic carbocycles. The molecular formula is C27H32N8O2S. The van der Waals surface area contributed by atoms with Crippen molar-refractivity contribution in [2.45, 2.75) is 32.9 Å². The molecule has 0 aliphatic carbocycles. The van der Waals surface area contributed by atoms with E-state index in [1.54, 1.807) is 41.5 Å². The van der Waals surface area contributed by atoms with Crippen LogP contribution in [0.1, 0.15) is 29.7 Å². The van der Waals surface area contributed by atoms with Crippen LogP contribution in [-0.4, -0.2) is 59.5 Å². The maximum Gasteiger partial charge on any atom is 0.278 e. The fourth-order valence-electron chi connectivity index (χ4n) is 4.89. The van der Waals surface area contributed by atoms with Gasteiger partial charge in [-0.25, -0.2) is 23.5 Å². The summed E-state index contributed by atoms with van der Waals surface area (Å²) in [4.78, 5) is 29.4. The third kappa shape index (κ3) is 4.86. The maximum atomic E-state index is 13.3. The van der Waals surface area contributed by atoms with Gasteiger partial charge in [0.25, 0.3) is 5.56 Å². The average molecular weight is 533 g/mol. The summed E-state index contributed by atoms with van der Waals surface area (Å²) in [6.45, 7) is 9.43. The lowest BCUT2D eigenvalue weighted by atomic mass is 9.90. The van der Waals surface area contributed by atoms with Crippen molar-refractivity contribution in [2.75, 3.05) is 31.4 Å². The molecule has 0 bridgehead atoms. The number of hydrogen-bond acceptors (Lipinski definition) is 8. The van der Waals surface area contributed by atoms with Crippen LogP contribution in [0.4, 0.5) is 17.5 Å². The molecule has 5 rings (SSSR count). The molecule has 0 spiro atoms. The molecule has 10 nitrogen and oxygen atoms in total. The molecule has 1 atom stereocenters. The van der Waals surface area contributed by atoms with Gasteiger partial charge >= 0.3 is 0 Å². The molecule has 0 saturated heterocycles. The Morgan fingerprint density at radius 2 is 2.05 bits per heavy atom. The van der Waals surface area contributed by atoms with Crippen LogP contribution in [-0.2, 0) is 22.7 Å². The molecule has 0 amide bonds. The summed E-state index contributed by atoms with van der Waals surface area (Å²) in [6, 6.07) is 9.77. The number of nitrogens with zero attached hydrogens (tertiary/aromatic N) is 7. The largest absolute Gasteiger partial charge is 0.324 e. The number of aromatic nitrogens is 5. The second-order valence-electron chi connectivity index (χ2n) is 9.94. The van der Waals surface area contributed by atoms with Gasteiger partial charge in [-0.05, 0) is 68.3 Å². The zero-order valence-electron chi connectivity index (χ0n) is 22.3. The summed E-state index contributed by atoms with van der Waals surface area (Å²) < 4.78 is 19.6. The van der Waals surface area contributed by atoms with Crippen LogP contribution in [0.5, 0.6) is 0 Å². The third-order valence-electron chi connectivity index (χ3n) is 6.82. The Hall–Kier alpha value is -3.83. The zero-order valence-corrected chi connectivity index (χ0v) is 23.1. The first-order valence-corrected chi connectivity index (χ1v) is 14.7. The van der Waals surface area contributed by atoms with Crippen molar-refractivity contribution in [3.8, 4) is 5.82 Å². The van der Waals surface area contributed by atoms with Gasteiger partial charge in [0, 0.05) is 46.7 Å². The van der Waals surface area contributed by atoms with Gasteiger partial charge in [-0.3, -0.25) is 9.69 Å². The molecule has 11 heteroatoms. The van der Waals surface area contributed by atoms with Gasteiger partial charge < -0.3 is 5.32 Å². The molecule has 1 unspecified atom stereocenters. The quantitative estimate of drug-likeness (QED) is 0.372. The lowest BCUT2D eigenvalue weighted by Crippen LogP contribution is -2.30. The monoisotopic (exact) mass is 532 g/mol. The van der Waals surface area contributed by atoms with Crippen LogP contribution < -0.4 is 10.9 Å². The summed E-state index contributed by atoms with van der Waals surface area (Å²) in [5.41, 5.74) is 4.95. The zero-order chi connectivity index (χ0) is 27.2. The fraction of sp³-hybridized carbons (Fsp3) is 0.333. The number of rotatable bonds is 6. The van der Waals surface area contributed by atoms with E-state index in [4.69, 9.17) is 4.98 Å². The first-order chi connectivity index (χ1) is 18.1. The Morgan fingerprint density at radius 3 is 2.79 bits per heavy atom. The fourth-order valence-corrected chi connectivity index (χ4v) is 5.45. The van der Waals surface area contributed by atoms with Gasteiger partial charge in [0.2, 0.25) is 5.95 Å². The third-order valence-corrected chi connectivity index (χ3v) is 7.44. The highest BCUT2D eigenvalue weighted by molar-refractivity contribution is 7.92. The minimum atomic E-state index is -2.41. The number of hydrogen-bond donors (Lipinski definition) is 1. The smallest absolute Gasteiger partial charge is 0.278 e. The Morgan fingerprint density at radius 1 is 1.26 bits per heavy atom. The Bertz CT molecular complexity index is 1740. The number of allylic oxidation sites excluding steroid dienone is 1. The van der Waals surface area contributed by atoms with Crippen LogP contribution in [0.3, 0.4) is 0 Å². The highest BCUT2D eigenvalue weighted by atomic mass is 32.2. The molecule has 0 saturated carbocycles. The van der Waals surface area contributed by atoms with Gasteiger partial charge in [-0.1, -0.05) is 12.1 Å². The highest BCUT2D eigenvalue weighted by Gasteiger charge is 2.23. The predicted octanol–water partition coefficient (Wildman–Crippen LogP) is 4.12. The second-order valence-corrected chi connectivity index (χ2v) is 12.5. The van der Waals surface area contributed by atoms with E-state index in [1.165, 1.54) is 27.6 Å². The molecule has 0 radical (unpaired) electrons. The van der Waals surface area contributed by atoms with E-state index >= 15 is 0 Å². The van der Waals surface area contributed by atoms with Crippen LogP contribution in [0.15, 0.2) is 58.3 Å². The molecule has 0 fully saturated rings. The number of aryl methyl sites for hydroxylation is 1. The van der Waals surface area contributed by atoms with Crippen LogP contribution >= 0.6 is 0 Å². The van der Waals surface area contributed by atoms with Crippen molar-refractivity contribution < 1.29 is 4.21 Å². The molecule has 1 aliphatic heterocycles. The summed E-state index contributed by atoms with van der Waals surface area (Å²) in [5.74, 6) is 1.10. The first kappa shape index (κ1) is 25.8. The SMILES string of the molecule is C=CCn1c(=O)c2cnc(Nc3cc(C)c4c(c3)C(C)N(C)CC4)nc2n1-c1cccc(N=S(C)(C)=O)n1. The van der Waals surface area contributed by atoms with Gasteiger partial charge in [-0.2, -0.15) is 9.35 Å². The number of nitrogens with one attached hydrogen (secondary N) is 1. The van der Waals surface area contributed by atoms with E-state index in [9.17, 15) is 9.00 Å². The van der Waals surface area contributed by atoms with E-state index in [0.717, 1.165) is 18.7 Å². The van der Waals surface area contributed by atoms with Crippen LogP contribution in [0, 0.1) is 6.92 Å². The maximum absolute atomic E-state index is 13.3. The van der Waals surface area contributed by atoms with E-state index in [-0.39, 0.29) is 12.1 Å². The van der Waals surface area contributed by atoms with Gasteiger partial charge in [0.05, 0.1) is 6.54 Å². The molecule has 38 heavy (non-hydrogen) atoms. The number of benzene rings is 1. The van der Waals surface area contributed by atoms with E-state index < -0.39 is 9.73 Å². The molecule has 4 aromatic rings. The van der Waals surface area contributed by atoms with Crippen molar-refractivity contribution in [2.24, 2.45) is 4.36 Å². The van der Waals surface area contributed by atoms with Crippen molar-refractivity contribution in [3.63, 3.8) is 0 Å². The van der Waals surface area contributed by atoms with Gasteiger partial charge in [-0.15, -0.1) is 6.58 Å². The number of pyridine rings is 1. The van der Waals surface area contributed by atoms with Gasteiger partial charge in [0.15, 0.2) is 17.3 Å². The van der Waals surface area contributed by atoms with Crippen molar-refractivity contribution in [3.05, 3.63) is 76.2 Å². The Labute approximate surface area is 222 Å². The number of likely N-dealkylation sites (N-methyl/N-ethyl adjacent to an activating group) is 1. The van der Waals surface area contributed by atoms with E-state index in [0.29, 0.717) is 34.7 Å². The Balaban J connectivity index is 1.63. The van der Waals surface area contributed by atoms with E-state index in [1.807, 2.05) is 0 Å². The summed E-state index contributed by atoms with van der Waals surface area (Å²) in [7, 11) is -0.271. The number of fused-ring (bicyclic) bond motifs is 2. The second kappa shape index (κ2) is 9.80. The Kier molecular flexibility index (Phi) is 6.66. The molecule has 198 valence electrons. The lowest BCUT2D eigenvalue weighted by molar-refractivity contribution is 0.247. The highest BCUT2D eigenvalue weighted by Crippen LogP contribution is 2.33. The topological polar surface area (TPSA) is 110 Å². The average Bonchev–Trinajstić information content (AvgIpc) is 3.12. The van der Waals surface area contributed by atoms with Crippen molar-refractivity contribution >= 4 is 38.2 Å². The standard InChI is InChI=1S/C27H32N8O2S/c1-7-12-34-26(36)22-16-28-27(29-19-14-17(2)20-11-13-33(4)18(3)21(20)15-19)31-25(22)35(34)24-10-8-9-23(30-24)32-38(5,6)37/h7-10,14-16,18H,1,11-13H2,2-6H3,(H,28,29,31). The lowest BCUT2D eigenvalue weighted by Gasteiger charge is -2.33.